The fraction of sp³-hybridized carbons (Fsp3) is 0.200. The van der Waals surface area contributed by atoms with Crippen LogP contribution in [0.5, 0.6) is 0 Å². The van der Waals surface area contributed by atoms with Gasteiger partial charge in [-0.3, -0.25) is 0 Å². The molecule has 0 radical (unpaired) electrons. The van der Waals surface area contributed by atoms with E-state index < -0.39 is 42.5 Å². The van der Waals surface area contributed by atoms with E-state index in [-0.39, 0.29) is 27.2 Å². The van der Waals surface area contributed by atoms with Crippen LogP contribution in [0.25, 0.3) is 33.5 Å². The molecular weight excluding hydrogens is 571 g/mol. The molecule has 0 spiro atoms. The number of fused-ring (bicyclic) bond motifs is 1. The largest absolute Gasteiger partial charge is 0.419 e. The molecule has 0 bridgehead atoms. The Hall–Kier alpha value is -4.11. The van der Waals surface area contributed by atoms with Gasteiger partial charge in [-0.05, 0) is 31.2 Å². The van der Waals surface area contributed by atoms with Crippen LogP contribution in [-0.4, -0.2) is 47.2 Å². The van der Waals surface area contributed by atoms with Crippen molar-refractivity contribution in [2.45, 2.75) is 37.0 Å². The van der Waals surface area contributed by atoms with E-state index in [0.717, 1.165) is 16.4 Å². The molecule has 4 heterocycles. The molecular formula is C25H22F3N5O5S2. The summed E-state index contributed by atoms with van der Waals surface area (Å²) >= 11 is 0. The van der Waals surface area contributed by atoms with Gasteiger partial charge in [0, 0.05) is 29.6 Å². The van der Waals surface area contributed by atoms with E-state index in [1.807, 2.05) is 13.8 Å². The summed E-state index contributed by atoms with van der Waals surface area (Å²) in [4.78, 5) is 11.3. The summed E-state index contributed by atoms with van der Waals surface area (Å²) in [6.45, 7) is 5.64. The summed E-state index contributed by atoms with van der Waals surface area (Å²) in [6, 6.07) is 10.1. The molecule has 5 rings (SSSR count). The monoisotopic (exact) mass is 593 g/mol. The van der Waals surface area contributed by atoms with Crippen LogP contribution in [0, 0.1) is 6.92 Å². The third-order valence-corrected chi connectivity index (χ3v) is 8.13. The van der Waals surface area contributed by atoms with E-state index in [1.165, 1.54) is 42.7 Å². The Morgan fingerprint density at radius 1 is 0.925 bits per heavy atom. The Kier molecular flexibility index (Phi) is 7.56. The van der Waals surface area contributed by atoms with Crippen LogP contribution in [0.1, 0.15) is 25.1 Å². The van der Waals surface area contributed by atoms with Gasteiger partial charge >= 0.3 is 6.18 Å². The number of pyridine rings is 1. The van der Waals surface area contributed by atoms with Crippen LogP contribution in [0.3, 0.4) is 0 Å². The highest BCUT2D eigenvalue weighted by atomic mass is 32.2. The average Bonchev–Trinajstić information content (AvgIpc) is 3.52. The van der Waals surface area contributed by atoms with Crippen molar-refractivity contribution in [1.29, 1.82) is 0 Å². The van der Waals surface area contributed by atoms with Crippen molar-refractivity contribution in [1.82, 2.24) is 24.1 Å². The van der Waals surface area contributed by atoms with Gasteiger partial charge in [-0.1, -0.05) is 37.2 Å². The van der Waals surface area contributed by atoms with Crippen molar-refractivity contribution in [2.75, 3.05) is 6.26 Å². The number of rotatable bonds is 5. The minimum absolute atomic E-state index is 0.0222. The average molecular weight is 594 g/mol. The van der Waals surface area contributed by atoms with Gasteiger partial charge in [-0.2, -0.15) is 13.2 Å². The number of alkyl halides is 3. The third kappa shape index (κ3) is 5.21. The first-order valence-corrected chi connectivity index (χ1v) is 15.0. The third-order valence-electron chi connectivity index (χ3n) is 5.61. The van der Waals surface area contributed by atoms with Crippen LogP contribution in [0.4, 0.5) is 13.2 Å². The van der Waals surface area contributed by atoms with Crippen molar-refractivity contribution in [3.8, 4) is 22.5 Å². The highest BCUT2D eigenvalue weighted by Crippen LogP contribution is 2.40. The highest BCUT2D eigenvalue weighted by Gasteiger charge is 2.37. The van der Waals surface area contributed by atoms with Gasteiger partial charge in [0.2, 0.25) is 15.0 Å². The summed E-state index contributed by atoms with van der Waals surface area (Å²) in [5, 5.41) is 2.90. The summed E-state index contributed by atoms with van der Waals surface area (Å²) < 4.78 is 98.9. The van der Waals surface area contributed by atoms with Gasteiger partial charge in [0.1, 0.15) is 11.8 Å². The molecule has 0 saturated carbocycles. The summed E-state index contributed by atoms with van der Waals surface area (Å²) in [5.74, 6) is 0. The number of aryl methyl sites for hydroxylation is 1. The standard InChI is InChI=1S/C23H16F3N5O5S2.C2H6/c1-13-17(12-36-30-13)19-9-8-15-16(20-18(23(24,25)26)10-27-22(29-20)37(2,32)33)11-31(21(15)28-19)38(34,35)14-6-4-3-5-7-14;1-2/h3-12H,1-2H3;1-2H3. The summed E-state index contributed by atoms with van der Waals surface area (Å²) in [7, 11) is -8.47. The molecule has 0 saturated heterocycles. The van der Waals surface area contributed by atoms with Crippen molar-refractivity contribution in [3.05, 3.63) is 72.4 Å². The Bertz CT molecular complexity index is 1920. The summed E-state index contributed by atoms with van der Waals surface area (Å²) in [5.41, 5.74) is -1.53. The van der Waals surface area contributed by atoms with Gasteiger partial charge in [0.05, 0.1) is 27.5 Å². The number of sulfone groups is 1. The predicted molar refractivity (Wildman–Crippen MR) is 139 cm³/mol. The normalized spacial score (nSPS) is 12.3. The lowest BCUT2D eigenvalue weighted by Gasteiger charge is -2.12. The van der Waals surface area contributed by atoms with E-state index in [4.69, 9.17) is 4.52 Å². The summed E-state index contributed by atoms with van der Waals surface area (Å²) in [6.07, 6.45) is -1.64. The molecule has 5 aromatic rings. The van der Waals surface area contributed by atoms with E-state index >= 15 is 0 Å². The molecule has 0 amide bonds. The highest BCUT2D eigenvalue weighted by molar-refractivity contribution is 7.90. The second kappa shape index (κ2) is 10.5. The smallest absolute Gasteiger partial charge is 0.364 e. The van der Waals surface area contributed by atoms with Gasteiger partial charge in [-0.15, -0.1) is 0 Å². The number of nitrogens with zero attached hydrogens (tertiary/aromatic N) is 5. The predicted octanol–water partition coefficient (Wildman–Crippen LogP) is 5.14. The van der Waals surface area contributed by atoms with Gasteiger partial charge in [-0.25, -0.2) is 35.8 Å². The van der Waals surface area contributed by atoms with Crippen molar-refractivity contribution < 1.29 is 34.5 Å². The Morgan fingerprint density at radius 2 is 1.60 bits per heavy atom. The number of benzene rings is 1. The number of hydrogen-bond acceptors (Lipinski definition) is 9. The molecule has 0 unspecified atom stereocenters. The fourth-order valence-corrected chi connectivity index (χ4v) is 5.64. The van der Waals surface area contributed by atoms with Crippen LogP contribution >= 0.6 is 0 Å². The first-order valence-electron chi connectivity index (χ1n) is 11.7. The molecule has 0 aliphatic carbocycles. The SMILES string of the molecule is CC.Cc1nocc1-c1ccc2c(-c3nc(S(C)(=O)=O)ncc3C(F)(F)F)cn(S(=O)(=O)c3ccccc3)c2n1. The molecule has 0 aliphatic heterocycles. The molecule has 0 atom stereocenters. The lowest BCUT2D eigenvalue weighted by molar-refractivity contribution is -0.137. The topological polar surface area (TPSA) is 138 Å². The number of aromatic nitrogens is 5. The Morgan fingerprint density at radius 3 is 2.17 bits per heavy atom. The fourth-order valence-electron chi connectivity index (χ4n) is 3.80. The van der Waals surface area contributed by atoms with Gasteiger partial charge in [0.15, 0.2) is 5.65 Å². The maximum Gasteiger partial charge on any atom is 0.419 e. The molecule has 0 aliphatic rings. The molecule has 40 heavy (non-hydrogen) atoms. The van der Waals surface area contributed by atoms with E-state index in [2.05, 4.69) is 20.1 Å². The second-order valence-electron chi connectivity index (χ2n) is 8.22. The van der Waals surface area contributed by atoms with Gasteiger partial charge in [0.25, 0.3) is 10.0 Å². The molecule has 0 fully saturated rings. The Balaban J connectivity index is 0.00000181. The van der Waals surface area contributed by atoms with Crippen LogP contribution in [-0.2, 0) is 26.0 Å². The van der Waals surface area contributed by atoms with E-state index in [0.29, 0.717) is 17.5 Å². The lowest BCUT2D eigenvalue weighted by Crippen LogP contribution is -2.14. The molecule has 0 N–H and O–H groups in total. The Labute approximate surface area is 227 Å². The minimum atomic E-state index is -4.98. The number of halogens is 3. The molecule has 210 valence electrons. The molecule has 15 heteroatoms. The van der Waals surface area contributed by atoms with Crippen molar-refractivity contribution in [3.63, 3.8) is 0 Å². The number of hydrogen-bond donors (Lipinski definition) is 0. The zero-order valence-electron chi connectivity index (χ0n) is 21.5. The van der Waals surface area contributed by atoms with Gasteiger partial charge < -0.3 is 4.52 Å². The maximum absolute atomic E-state index is 14.0. The second-order valence-corrected chi connectivity index (χ2v) is 11.9. The van der Waals surface area contributed by atoms with Crippen LogP contribution < -0.4 is 0 Å². The molecule has 1 aromatic carbocycles. The first-order chi connectivity index (χ1) is 18.8. The quantitative estimate of drug-likeness (QED) is 0.254. The minimum Gasteiger partial charge on any atom is -0.364 e. The zero-order chi connectivity index (χ0) is 29.5. The lowest BCUT2D eigenvalue weighted by atomic mass is 10.1. The van der Waals surface area contributed by atoms with Crippen molar-refractivity contribution >= 4 is 30.9 Å². The van der Waals surface area contributed by atoms with E-state index in [9.17, 15) is 30.0 Å². The molecule has 4 aromatic heterocycles. The first kappa shape index (κ1) is 28.9. The molecule has 10 nitrogen and oxygen atoms in total. The van der Waals surface area contributed by atoms with Crippen LogP contribution in [0.15, 0.2) is 75.7 Å². The van der Waals surface area contributed by atoms with Crippen LogP contribution in [0.2, 0.25) is 0 Å². The maximum atomic E-state index is 14.0. The van der Waals surface area contributed by atoms with E-state index in [1.54, 1.807) is 13.0 Å². The zero-order valence-corrected chi connectivity index (χ0v) is 23.1. The van der Waals surface area contributed by atoms with Crippen molar-refractivity contribution in [2.24, 2.45) is 0 Å².